The first-order valence-electron chi connectivity index (χ1n) is 6.04. The molecule has 0 bridgehead atoms. The Hall–Kier alpha value is -1.69. The fourth-order valence-corrected chi connectivity index (χ4v) is 2.13. The third kappa shape index (κ3) is 2.59. The van der Waals surface area contributed by atoms with Crippen LogP contribution in [-0.2, 0) is 4.74 Å². The van der Waals surface area contributed by atoms with E-state index >= 15 is 0 Å². The standard InChI is InChI=1S/C12H18N4O2/c1-8(13)9-5-6-16(7-9)11-4-3-10(14-15-11)12(17)18-2/h3-4,8-9H,5-7,13H2,1-2H3. The molecule has 1 fully saturated rings. The van der Waals surface area contributed by atoms with Crippen LogP contribution in [0.15, 0.2) is 12.1 Å². The lowest BCUT2D eigenvalue weighted by molar-refractivity contribution is 0.0592. The van der Waals surface area contributed by atoms with Gasteiger partial charge >= 0.3 is 5.97 Å². The Kier molecular flexibility index (Phi) is 3.76. The number of carbonyl (C=O) groups is 1. The van der Waals surface area contributed by atoms with Gasteiger partial charge in [0.2, 0.25) is 0 Å². The highest BCUT2D eigenvalue weighted by molar-refractivity contribution is 5.86. The summed E-state index contributed by atoms with van der Waals surface area (Å²) < 4.78 is 4.58. The predicted molar refractivity (Wildman–Crippen MR) is 67.3 cm³/mol. The van der Waals surface area contributed by atoms with E-state index in [0.29, 0.717) is 5.92 Å². The van der Waals surface area contributed by atoms with Crippen molar-refractivity contribution in [2.75, 3.05) is 25.1 Å². The molecule has 1 aliphatic heterocycles. The molecule has 0 spiro atoms. The van der Waals surface area contributed by atoms with Gasteiger partial charge in [-0.3, -0.25) is 0 Å². The largest absolute Gasteiger partial charge is 0.464 e. The van der Waals surface area contributed by atoms with Crippen molar-refractivity contribution in [1.29, 1.82) is 0 Å². The van der Waals surface area contributed by atoms with E-state index in [1.165, 1.54) is 7.11 Å². The van der Waals surface area contributed by atoms with Gasteiger partial charge in [-0.2, -0.15) is 0 Å². The van der Waals surface area contributed by atoms with Crippen molar-refractivity contribution in [3.8, 4) is 0 Å². The zero-order valence-electron chi connectivity index (χ0n) is 10.7. The van der Waals surface area contributed by atoms with Crippen LogP contribution in [0.2, 0.25) is 0 Å². The third-order valence-electron chi connectivity index (χ3n) is 3.34. The van der Waals surface area contributed by atoms with E-state index in [9.17, 15) is 4.79 Å². The number of methoxy groups -OCH3 is 1. The van der Waals surface area contributed by atoms with Gasteiger partial charge in [0, 0.05) is 19.1 Å². The number of aromatic nitrogens is 2. The van der Waals surface area contributed by atoms with Crippen LogP contribution >= 0.6 is 0 Å². The Bertz CT molecular complexity index is 419. The fraction of sp³-hybridized carbons (Fsp3) is 0.583. The van der Waals surface area contributed by atoms with Crippen molar-refractivity contribution in [3.63, 3.8) is 0 Å². The Morgan fingerprint density at radius 1 is 1.56 bits per heavy atom. The summed E-state index contributed by atoms with van der Waals surface area (Å²) in [6.07, 6.45) is 1.07. The van der Waals surface area contributed by atoms with Gasteiger partial charge in [-0.05, 0) is 31.4 Å². The van der Waals surface area contributed by atoms with Gasteiger partial charge in [-0.25, -0.2) is 4.79 Å². The minimum Gasteiger partial charge on any atom is -0.464 e. The molecule has 2 N–H and O–H groups in total. The average Bonchev–Trinajstić information content (AvgIpc) is 2.88. The first-order chi connectivity index (χ1) is 8.61. The van der Waals surface area contributed by atoms with Crippen LogP contribution in [0.4, 0.5) is 5.82 Å². The first-order valence-corrected chi connectivity index (χ1v) is 6.04. The van der Waals surface area contributed by atoms with Crippen molar-refractivity contribution in [2.45, 2.75) is 19.4 Å². The molecule has 0 saturated carbocycles. The summed E-state index contributed by atoms with van der Waals surface area (Å²) in [6, 6.07) is 3.62. The lowest BCUT2D eigenvalue weighted by Gasteiger charge is -2.18. The van der Waals surface area contributed by atoms with Crippen LogP contribution in [0.1, 0.15) is 23.8 Å². The summed E-state index contributed by atoms with van der Waals surface area (Å²) in [4.78, 5) is 13.4. The number of anilines is 1. The summed E-state index contributed by atoms with van der Waals surface area (Å²) in [5.41, 5.74) is 6.12. The van der Waals surface area contributed by atoms with Crippen LogP contribution in [0, 0.1) is 5.92 Å². The minimum absolute atomic E-state index is 0.192. The molecule has 2 heterocycles. The summed E-state index contributed by atoms with van der Waals surface area (Å²) in [6.45, 7) is 3.85. The van der Waals surface area contributed by atoms with Crippen molar-refractivity contribution in [1.82, 2.24) is 10.2 Å². The van der Waals surface area contributed by atoms with E-state index in [1.54, 1.807) is 12.1 Å². The molecule has 0 radical (unpaired) electrons. The van der Waals surface area contributed by atoms with Crippen molar-refractivity contribution in [3.05, 3.63) is 17.8 Å². The predicted octanol–water partition coefficient (Wildman–Crippen LogP) is 0.437. The maximum atomic E-state index is 11.2. The monoisotopic (exact) mass is 250 g/mol. The van der Waals surface area contributed by atoms with Crippen LogP contribution in [0.25, 0.3) is 0 Å². The molecule has 2 atom stereocenters. The van der Waals surface area contributed by atoms with Crippen LogP contribution in [0.3, 0.4) is 0 Å². The maximum Gasteiger partial charge on any atom is 0.358 e. The van der Waals surface area contributed by atoms with E-state index in [4.69, 9.17) is 5.73 Å². The molecule has 1 saturated heterocycles. The van der Waals surface area contributed by atoms with E-state index in [-0.39, 0.29) is 11.7 Å². The minimum atomic E-state index is -0.469. The first kappa shape index (κ1) is 12.8. The fourth-order valence-electron chi connectivity index (χ4n) is 2.13. The van der Waals surface area contributed by atoms with Crippen molar-refractivity contribution < 1.29 is 9.53 Å². The number of hydrogen-bond donors (Lipinski definition) is 1. The smallest absolute Gasteiger partial charge is 0.358 e. The van der Waals surface area contributed by atoms with Gasteiger partial charge < -0.3 is 15.4 Å². The summed E-state index contributed by atoms with van der Waals surface area (Å²) >= 11 is 0. The molecule has 0 aliphatic carbocycles. The molecule has 98 valence electrons. The molecule has 2 unspecified atom stereocenters. The number of rotatable bonds is 3. The van der Waals surface area contributed by atoms with Crippen LogP contribution in [0.5, 0.6) is 0 Å². The molecular weight excluding hydrogens is 232 g/mol. The summed E-state index contributed by atoms with van der Waals surface area (Å²) in [5, 5.41) is 7.92. The van der Waals surface area contributed by atoms with E-state index in [2.05, 4.69) is 19.8 Å². The average molecular weight is 250 g/mol. The number of esters is 1. The zero-order valence-corrected chi connectivity index (χ0v) is 10.7. The van der Waals surface area contributed by atoms with Gasteiger partial charge in [0.1, 0.15) is 0 Å². The number of nitrogens with two attached hydrogens (primary N) is 1. The lowest BCUT2D eigenvalue weighted by atomic mass is 10.0. The second-order valence-electron chi connectivity index (χ2n) is 4.62. The van der Waals surface area contributed by atoms with E-state index in [1.807, 2.05) is 6.92 Å². The second kappa shape index (κ2) is 5.30. The third-order valence-corrected chi connectivity index (χ3v) is 3.34. The molecule has 18 heavy (non-hydrogen) atoms. The molecule has 1 aliphatic rings. The van der Waals surface area contributed by atoms with E-state index < -0.39 is 5.97 Å². The Morgan fingerprint density at radius 2 is 2.33 bits per heavy atom. The summed E-state index contributed by atoms with van der Waals surface area (Å²) in [7, 11) is 1.33. The van der Waals surface area contributed by atoms with Gasteiger partial charge in [-0.1, -0.05) is 0 Å². The van der Waals surface area contributed by atoms with Crippen LogP contribution < -0.4 is 10.6 Å². The lowest BCUT2D eigenvalue weighted by Crippen LogP contribution is -2.30. The zero-order chi connectivity index (χ0) is 13.1. The highest BCUT2D eigenvalue weighted by atomic mass is 16.5. The Balaban J connectivity index is 2.05. The highest BCUT2D eigenvalue weighted by Gasteiger charge is 2.26. The molecule has 0 aromatic carbocycles. The topological polar surface area (TPSA) is 81.3 Å². The number of hydrogen-bond acceptors (Lipinski definition) is 6. The van der Waals surface area contributed by atoms with Gasteiger partial charge in [0.25, 0.3) is 0 Å². The van der Waals surface area contributed by atoms with Crippen molar-refractivity contribution >= 4 is 11.8 Å². The molecule has 6 heteroatoms. The molecule has 1 aromatic rings. The number of ether oxygens (including phenoxy) is 1. The highest BCUT2D eigenvalue weighted by Crippen LogP contribution is 2.23. The quantitative estimate of drug-likeness (QED) is 0.784. The van der Waals surface area contributed by atoms with Gasteiger partial charge in [-0.15, -0.1) is 10.2 Å². The van der Waals surface area contributed by atoms with Gasteiger partial charge in [0.05, 0.1) is 7.11 Å². The van der Waals surface area contributed by atoms with Crippen LogP contribution in [-0.4, -0.2) is 42.4 Å². The second-order valence-corrected chi connectivity index (χ2v) is 4.62. The molecule has 1 aromatic heterocycles. The molecule has 2 rings (SSSR count). The normalized spacial score (nSPS) is 20.8. The van der Waals surface area contributed by atoms with Crippen molar-refractivity contribution in [2.24, 2.45) is 11.7 Å². The molecule has 0 amide bonds. The number of nitrogens with zero attached hydrogens (tertiary/aromatic N) is 3. The molecule has 6 nitrogen and oxygen atoms in total. The Labute approximate surface area is 106 Å². The Morgan fingerprint density at radius 3 is 2.83 bits per heavy atom. The molecular formula is C12H18N4O2. The maximum absolute atomic E-state index is 11.2. The van der Waals surface area contributed by atoms with E-state index in [0.717, 1.165) is 25.3 Å². The SMILES string of the molecule is COC(=O)c1ccc(N2CCC(C(C)N)C2)nn1. The van der Waals surface area contributed by atoms with Gasteiger partial charge in [0.15, 0.2) is 11.5 Å². The summed E-state index contributed by atoms with van der Waals surface area (Å²) in [5.74, 6) is 0.807. The number of carbonyl (C=O) groups excluding carboxylic acids is 1.